The first-order chi connectivity index (χ1) is 9.92. The van der Waals surface area contributed by atoms with E-state index in [1.165, 1.54) is 9.75 Å². The van der Waals surface area contributed by atoms with Crippen LogP contribution in [-0.2, 0) is 6.54 Å². The van der Waals surface area contributed by atoms with Gasteiger partial charge < -0.3 is 5.32 Å². The topological polar surface area (TPSA) is 35.8 Å². The first-order valence-electron chi connectivity index (χ1n) is 6.60. The van der Waals surface area contributed by atoms with Crippen LogP contribution in [-0.4, -0.2) is 0 Å². The maximum atomic E-state index is 13.8. The summed E-state index contributed by atoms with van der Waals surface area (Å²) in [6.45, 7) is 6.12. The van der Waals surface area contributed by atoms with Gasteiger partial charge in [0.1, 0.15) is 11.6 Å². The number of nitriles is 1. The molecule has 21 heavy (non-hydrogen) atoms. The fraction of sp³-hybridized carbons (Fsp3) is 0.312. The number of benzene rings is 1. The van der Waals surface area contributed by atoms with E-state index in [-0.39, 0.29) is 23.7 Å². The highest BCUT2D eigenvalue weighted by molar-refractivity contribution is 7.12. The molecular weight excluding hydrogens is 290 g/mol. The number of rotatable bonds is 4. The summed E-state index contributed by atoms with van der Waals surface area (Å²) in [5, 5.41) is 11.8. The van der Waals surface area contributed by atoms with Crippen LogP contribution in [0.4, 0.5) is 8.78 Å². The summed E-state index contributed by atoms with van der Waals surface area (Å²) < 4.78 is 27.6. The highest BCUT2D eigenvalue weighted by Crippen LogP contribution is 2.26. The van der Waals surface area contributed by atoms with Crippen LogP contribution in [0.15, 0.2) is 18.2 Å². The van der Waals surface area contributed by atoms with Crippen molar-refractivity contribution in [3.8, 4) is 6.07 Å². The van der Waals surface area contributed by atoms with Gasteiger partial charge in [-0.2, -0.15) is 5.26 Å². The molecule has 2 rings (SSSR count). The van der Waals surface area contributed by atoms with E-state index < -0.39 is 11.6 Å². The number of aryl methyl sites for hydroxylation is 2. The third-order valence-electron chi connectivity index (χ3n) is 3.40. The SMILES string of the molecule is Cc1cc(C(C)NCc2c(F)cc(C#N)cc2F)c(C)s1. The highest BCUT2D eigenvalue weighted by Gasteiger charge is 2.15. The van der Waals surface area contributed by atoms with Crippen LogP contribution in [0.2, 0.25) is 0 Å². The number of hydrogen-bond donors (Lipinski definition) is 1. The molecule has 0 fully saturated rings. The van der Waals surface area contributed by atoms with E-state index in [2.05, 4.69) is 11.4 Å². The average Bonchev–Trinajstić information content (AvgIpc) is 2.76. The number of thiophene rings is 1. The lowest BCUT2D eigenvalue weighted by Gasteiger charge is -2.15. The van der Waals surface area contributed by atoms with Crippen LogP contribution in [0.25, 0.3) is 0 Å². The van der Waals surface area contributed by atoms with E-state index in [0.29, 0.717) is 0 Å². The molecule has 2 nitrogen and oxygen atoms in total. The molecule has 0 aliphatic rings. The van der Waals surface area contributed by atoms with Crippen molar-refractivity contribution in [2.75, 3.05) is 0 Å². The van der Waals surface area contributed by atoms with E-state index in [4.69, 9.17) is 5.26 Å². The van der Waals surface area contributed by atoms with Gasteiger partial charge >= 0.3 is 0 Å². The number of nitrogens with zero attached hydrogens (tertiary/aromatic N) is 1. The molecule has 0 aliphatic heterocycles. The van der Waals surface area contributed by atoms with Gasteiger partial charge in [0, 0.05) is 27.9 Å². The van der Waals surface area contributed by atoms with Crippen LogP contribution < -0.4 is 5.32 Å². The Balaban J connectivity index is 2.13. The molecule has 1 aromatic carbocycles. The lowest BCUT2D eigenvalue weighted by atomic mass is 10.1. The summed E-state index contributed by atoms with van der Waals surface area (Å²) in [5.74, 6) is -1.38. The van der Waals surface area contributed by atoms with Gasteiger partial charge in [0.15, 0.2) is 0 Å². The zero-order valence-electron chi connectivity index (χ0n) is 12.1. The Bertz CT molecular complexity index is 678. The third kappa shape index (κ3) is 3.46. The molecule has 0 bridgehead atoms. The Kier molecular flexibility index (Phi) is 4.71. The fourth-order valence-electron chi connectivity index (χ4n) is 2.28. The fourth-order valence-corrected chi connectivity index (χ4v) is 3.30. The van der Waals surface area contributed by atoms with E-state index in [1.807, 2.05) is 20.8 Å². The second-order valence-electron chi connectivity index (χ2n) is 5.00. The summed E-state index contributed by atoms with van der Waals surface area (Å²) in [4.78, 5) is 2.42. The highest BCUT2D eigenvalue weighted by atomic mass is 32.1. The van der Waals surface area contributed by atoms with Crippen molar-refractivity contribution in [3.05, 3.63) is 56.3 Å². The zero-order chi connectivity index (χ0) is 15.6. The molecule has 1 N–H and O–H groups in total. The van der Waals surface area contributed by atoms with E-state index in [0.717, 1.165) is 17.7 Å². The zero-order valence-corrected chi connectivity index (χ0v) is 12.9. The molecule has 1 atom stereocenters. The number of hydrogen-bond acceptors (Lipinski definition) is 3. The van der Waals surface area contributed by atoms with Crippen LogP contribution in [0.3, 0.4) is 0 Å². The molecule has 0 amide bonds. The molecular formula is C16H16F2N2S. The minimum atomic E-state index is -0.690. The van der Waals surface area contributed by atoms with Gasteiger partial charge in [-0.1, -0.05) is 0 Å². The van der Waals surface area contributed by atoms with Crippen molar-refractivity contribution in [3.63, 3.8) is 0 Å². The van der Waals surface area contributed by atoms with Crippen LogP contribution in [0.5, 0.6) is 0 Å². The molecule has 2 aromatic rings. The minimum absolute atomic E-state index is 0.00407. The molecule has 1 unspecified atom stereocenters. The molecule has 1 aromatic heterocycles. The summed E-state index contributed by atoms with van der Waals surface area (Å²) in [5.41, 5.74) is 1.10. The summed E-state index contributed by atoms with van der Waals surface area (Å²) >= 11 is 1.71. The van der Waals surface area contributed by atoms with Crippen molar-refractivity contribution >= 4 is 11.3 Å². The van der Waals surface area contributed by atoms with Crippen molar-refractivity contribution in [2.24, 2.45) is 0 Å². The quantitative estimate of drug-likeness (QED) is 0.910. The van der Waals surface area contributed by atoms with Gasteiger partial charge in [0.2, 0.25) is 0 Å². The average molecular weight is 306 g/mol. The predicted octanol–water partition coefficient (Wildman–Crippen LogP) is 4.37. The number of halogens is 2. The van der Waals surface area contributed by atoms with Crippen molar-refractivity contribution in [2.45, 2.75) is 33.4 Å². The largest absolute Gasteiger partial charge is 0.306 e. The first-order valence-corrected chi connectivity index (χ1v) is 7.42. The first kappa shape index (κ1) is 15.6. The molecule has 0 spiro atoms. The van der Waals surface area contributed by atoms with Crippen LogP contribution in [0.1, 0.15) is 39.4 Å². The minimum Gasteiger partial charge on any atom is -0.306 e. The lowest BCUT2D eigenvalue weighted by Crippen LogP contribution is -2.20. The third-order valence-corrected chi connectivity index (χ3v) is 4.38. The smallest absolute Gasteiger partial charge is 0.131 e. The molecule has 1 heterocycles. The molecule has 0 saturated heterocycles. The van der Waals surface area contributed by atoms with Crippen molar-refractivity contribution in [1.29, 1.82) is 5.26 Å². The lowest BCUT2D eigenvalue weighted by molar-refractivity contribution is 0.508. The van der Waals surface area contributed by atoms with Gasteiger partial charge in [-0.05, 0) is 44.5 Å². The summed E-state index contributed by atoms with van der Waals surface area (Å²) in [6, 6.07) is 5.95. The predicted molar refractivity (Wildman–Crippen MR) is 80.1 cm³/mol. The molecule has 0 radical (unpaired) electrons. The van der Waals surface area contributed by atoms with Gasteiger partial charge in [0.25, 0.3) is 0 Å². The maximum absolute atomic E-state index is 13.8. The molecule has 0 saturated carbocycles. The normalized spacial score (nSPS) is 12.2. The summed E-state index contributed by atoms with van der Waals surface area (Å²) in [6.07, 6.45) is 0. The van der Waals surface area contributed by atoms with E-state index >= 15 is 0 Å². The van der Waals surface area contributed by atoms with Gasteiger partial charge in [-0.25, -0.2) is 8.78 Å². The van der Waals surface area contributed by atoms with Crippen molar-refractivity contribution in [1.82, 2.24) is 5.32 Å². The number of nitrogens with one attached hydrogen (secondary N) is 1. The van der Waals surface area contributed by atoms with Gasteiger partial charge in [-0.3, -0.25) is 0 Å². The Morgan fingerprint density at radius 3 is 2.33 bits per heavy atom. The van der Waals surface area contributed by atoms with Crippen LogP contribution >= 0.6 is 11.3 Å². The van der Waals surface area contributed by atoms with Gasteiger partial charge in [-0.15, -0.1) is 11.3 Å². The molecule has 0 aliphatic carbocycles. The molecule has 110 valence electrons. The monoisotopic (exact) mass is 306 g/mol. The Morgan fingerprint density at radius 2 is 1.86 bits per heavy atom. The van der Waals surface area contributed by atoms with Gasteiger partial charge in [0.05, 0.1) is 11.6 Å². The maximum Gasteiger partial charge on any atom is 0.131 e. The Morgan fingerprint density at radius 1 is 1.24 bits per heavy atom. The second kappa shape index (κ2) is 6.33. The van der Waals surface area contributed by atoms with Crippen LogP contribution in [0, 0.1) is 36.8 Å². The van der Waals surface area contributed by atoms with E-state index in [1.54, 1.807) is 17.4 Å². The Hall–Kier alpha value is -1.77. The van der Waals surface area contributed by atoms with Crippen molar-refractivity contribution < 1.29 is 8.78 Å². The standard InChI is InChI=1S/C16H16F2N2S/c1-9-4-13(11(3)21-9)10(2)20-8-14-15(17)5-12(7-19)6-16(14)18/h4-6,10,20H,8H2,1-3H3. The summed E-state index contributed by atoms with van der Waals surface area (Å²) in [7, 11) is 0. The molecule has 5 heteroatoms. The Labute approximate surface area is 127 Å². The second-order valence-corrected chi connectivity index (χ2v) is 6.46. The van der Waals surface area contributed by atoms with E-state index in [9.17, 15) is 8.78 Å².